The molecule has 1 N–H and O–H groups in total. The summed E-state index contributed by atoms with van der Waals surface area (Å²) < 4.78 is 38.9. The van der Waals surface area contributed by atoms with Gasteiger partial charge in [0.25, 0.3) is 5.56 Å². The summed E-state index contributed by atoms with van der Waals surface area (Å²) in [6.45, 7) is 1.72. The highest BCUT2D eigenvalue weighted by Gasteiger charge is 2.31. The molecule has 0 atom stereocenters. The third-order valence-corrected chi connectivity index (χ3v) is 2.79. The van der Waals surface area contributed by atoms with Crippen molar-refractivity contribution in [3.8, 4) is 0 Å². The molecule has 20 heavy (non-hydrogen) atoms. The lowest BCUT2D eigenvalue weighted by atomic mass is 10.1. The second-order valence-electron chi connectivity index (χ2n) is 4.02. The van der Waals surface area contributed by atoms with Crippen molar-refractivity contribution in [1.29, 1.82) is 0 Å². The van der Waals surface area contributed by atoms with E-state index in [1.165, 1.54) is 0 Å². The molecule has 0 amide bonds. The van der Waals surface area contributed by atoms with Crippen LogP contribution in [0.25, 0.3) is 11.0 Å². The molecule has 8 heteroatoms. The number of alkyl halides is 3. The van der Waals surface area contributed by atoms with Crippen molar-refractivity contribution in [3.63, 3.8) is 0 Å². The van der Waals surface area contributed by atoms with E-state index in [4.69, 9.17) is 5.11 Å². The van der Waals surface area contributed by atoms with Crippen LogP contribution in [0.4, 0.5) is 13.2 Å². The smallest absolute Gasteiger partial charge is 0.416 e. The lowest BCUT2D eigenvalue weighted by molar-refractivity contribution is -0.137. The number of nitrogens with zero attached hydrogens (tertiary/aromatic N) is 2. The first-order chi connectivity index (χ1) is 9.25. The second-order valence-corrected chi connectivity index (χ2v) is 4.02. The zero-order valence-electron chi connectivity index (χ0n) is 10.2. The Kier molecular flexibility index (Phi) is 3.24. The number of carbonyl (C=O) groups is 1. The molecule has 0 bridgehead atoms. The molecule has 0 radical (unpaired) electrons. The summed E-state index contributed by atoms with van der Waals surface area (Å²) in [5.74, 6) is -1.57. The average molecular weight is 286 g/mol. The normalized spacial score (nSPS) is 11.8. The Labute approximate surface area is 110 Å². The highest BCUT2D eigenvalue weighted by Crippen LogP contribution is 2.30. The Balaban J connectivity index is 2.86. The first-order valence-corrected chi connectivity index (χ1v) is 5.60. The number of aromatic carboxylic acids is 1. The third kappa shape index (κ3) is 2.24. The molecule has 2 rings (SSSR count). The molecule has 2 aromatic rings. The van der Waals surface area contributed by atoms with Crippen molar-refractivity contribution in [2.75, 3.05) is 0 Å². The quantitative estimate of drug-likeness (QED) is 0.918. The van der Waals surface area contributed by atoms with Crippen LogP contribution < -0.4 is 5.56 Å². The summed E-state index contributed by atoms with van der Waals surface area (Å²) in [6.07, 6.45) is -4.56. The van der Waals surface area contributed by atoms with Crippen LogP contribution in [-0.2, 0) is 12.7 Å². The molecule has 0 fully saturated rings. The van der Waals surface area contributed by atoms with Crippen LogP contribution in [0, 0.1) is 0 Å². The number of rotatable bonds is 2. The van der Waals surface area contributed by atoms with Gasteiger partial charge in [0, 0.05) is 6.54 Å². The number of aromatic nitrogens is 2. The topological polar surface area (TPSA) is 72.2 Å². The van der Waals surface area contributed by atoms with Crippen molar-refractivity contribution in [2.24, 2.45) is 0 Å². The molecule has 1 aromatic carbocycles. The zero-order chi connectivity index (χ0) is 15.1. The van der Waals surface area contributed by atoms with E-state index in [2.05, 4.69) is 4.98 Å². The van der Waals surface area contributed by atoms with Gasteiger partial charge in [-0.1, -0.05) is 0 Å². The average Bonchev–Trinajstić information content (AvgIpc) is 2.36. The van der Waals surface area contributed by atoms with E-state index in [1.807, 2.05) is 0 Å². The number of fused-ring (bicyclic) bond motifs is 1. The van der Waals surface area contributed by atoms with Gasteiger partial charge in [-0.3, -0.25) is 4.79 Å². The van der Waals surface area contributed by atoms with E-state index in [-0.39, 0.29) is 17.6 Å². The van der Waals surface area contributed by atoms with Crippen molar-refractivity contribution in [3.05, 3.63) is 39.8 Å². The monoisotopic (exact) mass is 286 g/mol. The zero-order valence-corrected chi connectivity index (χ0v) is 10.2. The van der Waals surface area contributed by atoms with E-state index < -0.39 is 29.0 Å². The fraction of sp³-hybridized carbons (Fsp3) is 0.250. The highest BCUT2D eigenvalue weighted by atomic mass is 19.4. The fourth-order valence-electron chi connectivity index (χ4n) is 1.88. The van der Waals surface area contributed by atoms with Crippen LogP contribution in [0.1, 0.15) is 23.0 Å². The van der Waals surface area contributed by atoms with E-state index in [9.17, 15) is 22.8 Å². The number of aryl methyl sites for hydroxylation is 1. The molecular formula is C12H9F3N2O3. The van der Waals surface area contributed by atoms with Crippen LogP contribution >= 0.6 is 0 Å². The van der Waals surface area contributed by atoms with Gasteiger partial charge >= 0.3 is 12.1 Å². The number of halogens is 3. The first-order valence-electron chi connectivity index (χ1n) is 5.60. The Hall–Kier alpha value is -2.38. The molecule has 0 saturated carbocycles. The Morgan fingerprint density at radius 2 is 2.05 bits per heavy atom. The Bertz CT molecular complexity index is 750. The molecule has 0 aliphatic heterocycles. The van der Waals surface area contributed by atoms with Crippen LogP contribution in [0.5, 0.6) is 0 Å². The molecule has 1 aromatic heterocycles. The van der Waals surface area contributed by atoms with Gasteiger partial charge in [0.1, 0.15) is 0 Å². The van der Waals surface area contributed by atoms with Gasteiger partial charge in [-0.05, 0) is 25.1 Å². The number of benzene rings is 1. The predicted molar refractivity (Wildman–Crippen MR) is 63.6 cm³/mol. The number of hydrogen-bond acceptors (Lipinski definition) is 3. The van der Waals surface area contributed by atoms with Gasteiger partial charge in [-0.2, -0.15) is 13.2 Å². The summed E-state index contributed by atoms with van der Waals surface area (Å²) in [4.78, 5) is 26.3. The van der Waals surface area contributed by atoms with E-state index in [0.29, 0.717) is 0 Å². The third-order valence-electron chi connectivity index (χ3n) is 2.79. The molecule has 1 heterocycles. The summed E-state index contributed by atoms with van der Waals surface area (Å²) in [7, 11) is 0. The van der Waals surface area contributed by atoms with Crippen LogP contribution in [0.2, 0.25) is 0 Å². The summed E-state index contributed by atoms with van der Waals surface area (Å²) in [5.41, 5.74) is -2.60. The minimum Gasteiger partial charge on any atom is -0.476 e. The van der Waals surface area contributed by atoms with Gasteiger partial charge in [0.2, 0.25) is 5.69 Å². The Morgan fingerprint density at radius 3 is 2.55 bits per heavy atom. The van der Waals surface area contributed by atoms with Crippen molar-refractivity contribution in [2.45, 2.75) is 19.6 Å². The van der Waals surface area contributed by atoms with E-state index in [1.54, 1.807) is 6.92 Å². The van der Waals surface area contributed by atoms with Crippen molar-refractivity contribution in [1.82, 2.24) is 9.55 Å². The van der Waals surface area contributed by atoms with Crippen LogP contribution in [0.3, 0.4) is 0 Å². The molecule has 0 aliphatic carbocycles. The van der Waals surface area contributed by atoms with Gasteiger partial charge in [-0.15, -0.1) is 0 Å². The van der Waals surface area contributed by atoms with Crippen molar-refractivity contribution < 1.29 is 23.1 Å². The van der Waals surface area contributed by atoms with Crippen molar-refractivity contribution >= 4 is 17.0 Å². The summed E-state index contributed by atoms with van der Waals surface area (Å²) >= 11 is 0. The molecule has 5 nitrogen and oxygen atoms in total. The number of carboxylic acid groups (broad SMARTS) is 1. The number of carboxylic acids is 1. The molecular weight excluding hydrogens is 277 g/mol. The SMILES string of the molecule is CCn1c(=O)c(C(=O)O)nc2cc(C(F)(F)F)ccc21. The lowest BCUT2D eigenvalue weighted by Gasteiger charge is -2.11. The second kappa shape index (κ2) is 4.62. The summed E-state index contributed by atoms with van der Waals surface area (Å²) in [6, 6.07) is 2.67. The standard InChI is InChI=1S/C12H9F3N2O3/c1-2-17-8-4-3-6(12(13,14)15)5-7(8)16-9(10(17)18)11(19)20/h3-5H,2H2,1H3,(H,19,20). The molecule has 0 aliphatic rings. The highest BCUT2D eigenvalue weighted by molar-refractivity contribution is 5.88. The first kappa shape index (κ1) is 14.0. The lowest BCUT2D eigenvalue weighted by Crippen LogP contribution is -2.28. The number of hydrogen-bond donors (Lipinski definition) is 1. The molecule has 0 saturated heterocycles. The molecule has 0 unspecified atom stereocenters. The molecule has 0 spiro atoms. The van der Waals surface area contributed by atoms with Gasteiger partial charge in [0.05, 0.1) is 16.6 Å². The van der Waals surface area contributed by atoms with E-state index in [0.717, 1.165) is 22.8 Å². The van der Waals surface area contributed by atoms with Gasteiger partial charge < -0.3 is 9.67 Å². The van der Waals surface area contributed by atoms with Gasteiger partial charge in [0.15, 0.2) is 0 Å². The summed E-state index contributed by atoms with van der Waals surface area (Å²) in [5, 5.41) is 8.88. The minimum atomic E-state index is -4.56. The maximum absolute atomic E-state index is 12.6. The van der Waals surface area contributed by atoms with Gasteiger partial charge in [-0.25, -0.2) is 9.78 Å². The largest absolute Gasteiger partial charge is 0.476 e. The van der Waals surface area contributed by atoms with Crippen LogP contribution in [0.15, 0.2) is 23.0 Å². The minimum absolute atomic E-state index is 0.128. The van der Waals surface area contributed by atoms with Crippen LogP contribution in [-0.4, -0.2) is 20.6 Å². The molecule has 106 valence electrons. The maximum Gasteiger partial charge on any atom is 0.416 e. The Morgan fingerprint density at radius 1 is 1.40 bits per heavy atom. The van der Waals surface area contributed by atoms with E-state index >= 15 is 0 Å². The maximum atomic E-state index is 12.6. The predicted octanol–water partition coefficient (Wildman–Crippen LogP) is 2.13. The fourth-order valence-corrected chi connectivity index (χ4v) is 1.88.